The fraction of sp³-hybridized carbons (Fsp3) is 0.360. The Morgan fingerprint density at radius 3 is 1.88 bits per heavy atom. The number of hydrogen-bond donors (Lipinski definition) is 0. The molecule has 136 valence electrons. The summed E-state index contributed by atoms with van der Waals surface area (Å²) in [7, 11) is -1.30. The molecule has 1 aliphatic rings. The van der Waals surface area contributed by atoms with E-state index in [0.717, 1.165) is 0 Å². The van der Waals surface area contributed by atoms with Gasteiger partial charge in [-0.15, -0.1) is 0 Å². The van der Waals surface area contributed by atoms with Gasteiger partial charge < -0.3 is 0 Å². The molecule has 0 amide bonds. The summed E-state index contributed by atoms with van der Waals surface area (Å²) in [6.07, 6.45) is 0. The molecule has 0 spiro atoms. The molecule has 2 unspecified atom stereocenters. The second-order valence-corrected chi connectivity index (χ2v) is 11.1. The molecule has 2 aromatic carbocycles. The predicted molar refractivity (Wildman–Crippen MR) is 119 cm³/mol. The Bertz CT molecular complexity index is 878. The minimum Gasteiger partial charge on any atom is -0.0632 e. The van der Waals surface area contributed by atoms with Crippen LogP contribution >= 0.6 is 0 Å². The summed E-state index contributed by atoms with van der Waals surface area (Å²) in [6.45, 7) is 16.0. The topological polar surface area (TPSA) is 0 Å². The molecule has 26 heavy (non-hydrogen) atoms. The largest absolute Gasteiger partial charge is 0.107 e. The lowest BCUT2D eigenvalue weighted by Gasteiger charge is -2.22. The number of hydrogen-bond acceptors (Lipinski definition) is 0. The summed E-state index contributed by atoms with van der Waals surface area (Å²) >= 11 is 0. The second kappa shape index (κ2) is 7.40. The zero-order valence-corrected chi connectivity index (χ0v) is 18.6. The predicted octanol–water partition coefficient (Wildman–Crippen LogP) is 5.26. The van der Waals surface area contributed by atoms with Crippen LogP contribution in [-0.4, -0.2) is 8.80 Å². The third kappa shape index (κ3) is 3.64. The molecule has 0 aliphatic heterocycles. The molecule has 0 aromatic heterocycles. The average molecular weight is 361 g/mol. The van der Waals surface area contributed by atoms with E-state index in [2.05, 4.69) is 90.9 Å². The zero-order valence-electron chi connectivity index (χ0n) is 17.4. The first-order valence-corrected chi connectivity index (χ1v) is 11.8. The molecule has 0 nitrogen and oxygen atoms in total. The highest BCUT2D eigenvalue weighted by atomic mass is 28.3. The van der Waals surface area contributed by atoms with Gasteiger partial charge in [0.15, 0.2) is 0 Å². The van der Waals surface area contributed by atoms with Gasteiger partial charge in [-0.25, -0.2) is 0 Å². The molecule has 1 aliphatic carbocycles. The molecule has 0 bridgehead atoms. The molecular formula is C25H32Si. The van der Waals surface area contributed by atoms with Crippen LogP contribution in [0.2, 0.25) is 6.04 Å². The molecular weight excluding hydrogens is 328 g/mol. The van der Waals surface area contributed by atoms with E-state index in [1.807, 2.05) is 0 Å². The Morgan fingerprint density at radius 1 is 0.731 bits per heavy atom. The van der Waals surface area contributed by atoms with Crippen LogP contribution in [0.3, 0.4) is 0 Å². The zero-order chi connectivity index (χ0) is 19.0. The quantitative estimate of drug-likeness (QED) is 0.653. The van der Waals surface area contributed by atoms with Crippen LogP contribution in [0.5, 0.6) is 0 Å². The SMILES string of the molecule is CC1=C(C)C(C)C(C[SiH](c2cccc(C)c2)c2cc(C)cc(C)c2)=C1C. The monoisotopic (exact) mass is 360 g/mol. The molecule has 0 saturated heterocycles. The normalized spacial score (nSPS) is 18.7. The Kier molecular flexibility index (Phi) is 5.38. The number of aryl methyl sites for hydroxylation is 3. The smallest absolute Gasteiger partial charge is 0.0632 e. The molecule has 0 saturated carbocycles. The third-order valence-corrected chi connectivity index (χ3v) is 9.47. The van der Waals surface area contributed by atoms with Crippen molar-refractivity contribution in [3.05, 3.63) is 81.4 Å². The van der Waals surface area contributed by atoms with Crippen molar-refractivity contribution in [2.75, 3.05) is 0 Å². The standard InChI is InChI=1S/C25H32Si/c1-16-9-8-10-23(12-16)26(24-13-17(2)11-18(3)14-24)15-25-21(6)19(4)20(5)22(25)7/h8-14,21,26H,15H2,1-7H3. The lowest BCUT2D eigenvalue weighted by Crippen LogP contribution is -2.43. The van der Waals surface area contributed by atoms with Gasteiger partial charge >= 0.3 is 0 Å². The maximum atomic E-state index is 2.44. The maximum absolute atomic E-state index is 2.44. The van der Waals surface area contributed by atoms with Gasteiger partial charge in [0.2, 0.25) is 0 Å². The lowest BCUT2D eigenvalue weighted by molar-refractivity contribution is 0.812. The summed E-state index contributed by atoms with van der Waals surface area (Å²) < 4.78 is 0. The van der Waals surface area contributed by atoms with E-state index in [1.165, 1.54) is 28.3 Å². The van der Waals surface area contributed by atoms with Crippen molar-refractivity contribution in [2.45, 2.75) is 54.5 Å². The van der Waals surface area contributed by atoms with Gasteiger partial charge in [-0.1, -0.05) is 87.6 Å². The van der Waals surface area contributed by atoms with Crippen LogP contribution in [0.4, 0.5) is 0 Å². The second-order valence-electron chi connectivity index (χ2n) is 8.27. The van der Waals surface area contributed by atoms with Crippen molar-refractivity contribution in [3.63, 3.8) is 0 Å². The first-order chi connectivity index (χ1) is 12.3. The van der Waals surface area contributed by atoms with E-state index in [-0.39, 0.29) is 0 Å². The molecule has 0 N–H and O–H groups in total. The lowest BCUT2D eigenvalue weighted by atomic mass is 10.00. The van der Waals surface area contributed by atoms with E-state index >= 15 is 0 Å². The molecule has 2 aromatic rings. The third-order valence-electron chi connectivity index (χ3n) is 6.32. The molecule has 1 heteroatoms. The van der Waals surface area contributed by atoms with Gasteiger partial charge in [0, 0.05) is 0 Å². The summed E-state index contributed by atoms with van der Waals surface area (Å²) in [5.74, 6) is 0.598. The van der Waals surface area contributed by atoms with E-state index < -0.39 is 8.80 Å². The van der Waals surface area contributed by atoms with Crippen molar-refractivity contribution in [1.29, 1.82) is 0 Å². The first-order valence-electron chi connectivity index (χ1n) is 9.80. The summed E-state index contributed by atoms with van der Waals surface area (Å²) in [4.78, 5) is 0. The van der Waals surface area contributed by atoms with Crippen LogP contribution in [-0.2, 0) is 0 Å². The first kappa shape index (κ1) is 18.9. The van der Waals surface area contributed by atoms with Crippen molar-refractivity contribution in [3.8, 4) is 0 Å². The summed E-state index contributed by atoms with van der Waals surface area (Å²) in [5, 5.41) is 3.16. The van der Waals surface area contributed by atoms with Crippen molar-refractivity contribution >= 4 is 19.2 Å². The Hall–Kier alpha value is -1.86. The van der Waals surface area contributed by atoms with Crippen LogP contribution in [0.1, 0.15) is 44.4 Å². The summed E-state index contributed by atoms with van der Waals surface area (Å²) in [5.41, 5.74) is 10.5. The fourth-order valence-corrected chi connectivity index (χ4v) is 8.21. The number of benzene rings is 2. The minimum absolute atomic E-state index is 0.598. The highest BCUT2D eigenvalue weighted by Gasteiger charge is 2.28. The maximum Gasteiger partial charge on any atom is 0.107 e. The minimum atomic E-state index is -1.30. The number of rotatable bonds is 4. The molecule has 0 radical (unpaired) electrons. The van der Waals surface area contributed by atoms with Crippen molar-refractivity contribution in [1.82, 2.24) is 0 Å². The van der Waals surface area contributed by atoms with Crippen LogP contribution < -0.4 is 10.4 Å². The van der Waals surface area contributed by atoms with Gasteiger partial charge in [-0.2, -0.15) is 0 Å². The molecule has 2 atom stereocenters. The van der Waals surface area contributed by atoms with Gasteiger partial charge in [-0.3, -0.25) is 0 Å². The highest BCUT2D eigenvalue weighted by molar-refractivity contribution is 6.85. The van der Waals surface area contributed by atoms with Crippen LogP contribution in [0, 0.1) is 26.7 Å². The number of allylic oxidation sites excluding steroid dienone is 4. The van der Waals surface area contributed by atoms with Crippen molar-refractivity contribution < 1.29 is 0 Å². The molecule has 0 fully saturated rings. The Morgan fingerprint density at radius 2 is 1.35 bits per heavy atom. The average Bonchev–Trinajstić information content (AvgIpc) is 2.76. The van der Waals surface area contributed by atoms with Gasteiger partial charge in [0.1, 0.15) is 8.80 Å². The van der Waals surface area contributed by atoms with Crippen LogP contribution in [0.15, 0.2) is 64.8 Å². The van der Waals surface area contributed by atoms with Gasteiger partial charge in [-0.05, 0) is 64.7 Å². The van der Waals surface area contributed by atoms with E-state index in [4.69, 9.17) is 0 Å². The Balaban J connectivity index is 2.08. The van der Waals surface area contributed by atoms with Gasteiger partial charge in [0.05, 0.1) is 0 Å². The van der Waals surface area contributed by atoms with Crippen molar-refractivity contribution in [2.24, 2.45) is 5.92 Å². The summed E-state index contributed by atoms with van der Waals surface area (Å²) in [6, 6.07) is 17.7. The molecule has 0 heterocycles. The van der Waals surface area contributed by atoms with Gasteiger partial charge in [0.25, 0.3) is 0 Å². The van der Waals surface area contributed by atoms with E-state index in [1.54, 1.807) is 27.1 Å². The molecule has 3 rings (SSSR count). The Labute approximate surface area is 161 Å². The fourth-order valence-electron chi connectivity index (χ4n) is 4.52. The van der Waals surface area contributed by atoms with Crippen LogP contribution in [0.25, 0.3) is 0 Å². The van der Waals surface area contributed by atoms with E-state index in [0.29, 0.717) is 5.92 Å². The highest BCUT2D eigenvalue weighted by Crippen LogP contribution is 2.39. The van der Waals surface area contributed by atoms with E-state index in [9.17, 15) is 0 Å².